The predicted octanol–water partition coefficient (Wildman–Crippen LogP) is 5.07. The molecule has 1 fully saturated rings. The van der Waals surface area contributed by atoms with Gasteiger partial charge in [-0.25, -0.2) is 13.8 Å². The number of nitrogens with zero attached hydrogens (tertiary/aromatic N) is 2. The van der Waals surface area contributed by atoms with E-state index in [4.69, 9.17) is 31.5 Å². The van der Waals surface area contributed by atoms with E-state index in [0.29, 0.717) is 20.9 Å². The third kappa shape index (κ3) is 5.21. The number of alkyl halides is 2. The van der Waals surface area contributed by atoms with Crippen molar-refractivity contribution >= 4 is 39.1 Å². The zero-order valence-electron chi connectivity index (χ0n) is 20.9. The summed E-state index contributed by atoms with van der Waals surface area (Å²) >= 11 is 7.29. The van der Waals surface area contributed by atoms with Crippen LogP contribution in [0.25, 0.3) is 26.3 Å². The molecule has 0 bridgehead atoms. The molecule has 8 nitrogen and oxygen atoms in total. The molecule has 0 spiro atoms. The number of para-hydroxylation sites is 1. The lowest BCUT2D eigenvalue weighted by Crippen LogP contribution is -2.56. The number of hydrogen-bond acceptors (Lipinski definition) is 8. The Balaban J connectivity index is 1.43. The van der Waals surface area contributed by atoms with Gasteiger partial charge in [0.2, 0.25) is 0 Å². The van der Waals surface area contributed by atoms with Crippen molar-refractivity contribution in [3.05, 3.63) is 70.2 Å². The van der Waals surface area contributed by atoms with Crippen molar-refractivity contribution < 1.29 is 27.8 Å². The van der Waals surface area contributed by atoms with Crippen LogP contribution in [-0.4, -0.2) is 47.3 Å². The van der Waals surface area contributed by atoms with E-state index >= 15 is 0 Å². The van der Waals surface area contributed by atoms with E-state index in [1.165, 1.54) is 36.3 Å². The smallest absolute Gasteiger partial charge is 0.322 e. The second-order valence-corrected chi connectivity index (χ2v) is 10.7. The normalized spacial score (nSPS) is 18.8. The molecule has 39 heavy (non-hydrogen) atoms. The molecule has 2 aromatic carbocycles. The molecule has 3 atom stereocenters. The van der Waals surface area contributed by atoms with Crippen LogP contribution in [0.4, 0.5) is 8.78 Å². The Bertz CT molecular complexity index is 1590. The van der Waals surface area contributed by atoms with Gasteiger partial charge in [0.05, 0.1) is 24.2 Å². The maximum Gasteiger partial charge on any atom is 0.322 e. The number of methoxy groups -OCH3 is 1. The first-order valence-corrected chi connectivity index (χ1v) is 13.2. The van der Waals surface area contributed by atoms with Crippen LogP contribution in [0.15, 0.2) is 59.7 Å². The average molecular weight is 576 g/mol. The Hall–Kier alpha value is -3.54. The van der Waals surface area contributed by atoms with Crippen molar-refractivity contribution in [1.29, 1.82) is 0 Å². The molecule has 0 amide bonds. The van der Waals surface area contributed by atoms with Crippen molar-refractivity contribution in [2.24, 2.45) is 11.7 Å². The fraction of sp³-hybridized carbons (Fsp3) is 0.296. The average Bonchev–Trinajstić information content (AvgIpc) is 3.34. The summed E-state index contributed by atoms with van der Waals surface area (Å²) in [6.07, 6.45) is -0.235. The van der Waals surface area contributed by atoms with Gasteiger partial charge in [-0.1, -0.05) is 29.8 Å². The van der Waals surface area contributed by atoms with Gasteiger partial charge in [0, 0.05) is 16.3 Å². The van der Waals surface area contributed by atoms with Crippen LogP contribution in [0, 0.1) is 5.92 Å². The van der Waals surface area contributed by atoms with Gasteiger partial charge in [0.25, 0.3) is 11.5 Å². The number of hydrogen-bond donors (Lipinski definition) is 1. The Morgan fingerprint density at radius 3 is 2.69 bits per heavy atom. The van der Waals surface area contributed by atoms with E-state index < -0.39 is 43.0 Å². The minimum absolute atomic E-state index is 0.148. The molecule has 2 aromatic heterocycles. The van der Waals surface area contributed by atoms with E-state index in [1.54, 1.807) is 30.3 Å². The molecule has 5 rings (SSSR count). The Labute approximate surface area is 230 Å². The van der Waals surface area contributed by atoms with Crippen LogP contribution in [0.5, 0.6) is 11.5 Å². The van der Waals surface area contributed by atoms with Gasteiger partial charge in [-0.3, -0.25) is 14.2 Å². The summed E-state index contributed by atoms with van der Waals surface area (Å²) in [6.45, 7) is 0.981. The molecule has 12 heteroatoms. The summed E-state index contributed by atoms with van der Waals surface area (Å²) in [7, 11) is 1.39. The zero-order chi connectivity index (χ0) is 27.9. The number of benzene rings is 2. The number of ether oxygens (including phenoxy) is 3. The number of esters is 1. The van der Waals surface area contributed by atoms with Gasteiger partial charge in [-0.2, -0.15) is 0 Å². The van der Waals surface area contributed by atoms with Crippen molar-refractivity contribution in [2.75, 3.05) is 13.7 Å². The fourth-order valence-corrected chi connectivity index (χ4v) is 5.49. The van der Waals surface area contributed by atoms with Crippen molar-refractivity contribution in [3.8, 4) is 27.6 Å². The minimum Gasteiger partial charge on any atom is -0.491 e. The molecular weight excluding hydrogens is 552 g/mol. The first kappa shape index (κ1) is 27.0. The van der Waals surface area contributed by atoms with Crippen LogP contribution >= 0.6 is 22.9 Å². The van der Waals surface area contributed by atoms with Crippen LogP contribution in [0.2, 0.25) is 5.02 Å². The van der Waals surface area contributed by atoms with Gasteiger partial charge >= 0.3 is 5.97 Å². The summed E-state index contributed by atoms with van der Waals surface area (Å²) < 4.78 is 46.7. The van der Waals surface area contributed by atoms with E-state index in [-0.39, 0.29) is 17.1 Å². The third-order valence-corrected chi connectivity index (χ3v) is 7.92. The topological polar surface area (TPSA) is 106 Å². The summed E-state index contributed by atoms with van der Waals surface area (Å²) in [5, 5.41) is 0.609. The van der Waals surface area contributed by atoms with Gasteiger partial charge < -0.3 is 19.9 Å². The molecule has 4 aromatic rings. The predicted molar refractivity (Wildman–Crippen MR) is 144 cm³/mol. The quantitative estimate of drug-likeness (QED) is 0.292. The number of thiophene rings is 1. The lowest BCUT2D eigenvalue weighted by atomic mass is 9.78. The fourth-order valence-electron chi connectivity index (χ4n) is 4.32. The Morgan fingerprint density at radius 1 is 1.28 bits per heavy atom. The maximum absolute atomic E-state index is 14.3. The van der Waals surface area contributed by atoms with Crippen molar-refractivity contribution in [3.63, 3.8) is 0 Å². The largest absolute Gasteiger partial charge is 0.491 e. The van der Waals surface area contributed by atoms with E-state index in [0.717, 1.165) is 10.4 Å². The van der Waals surface area contributed by atoms with E-state index in [9.17, 15) is 18.4 Å². The number of aromatic nitrogens is 2. The van der Waals surface area contributed by atoms with E-state index in [1.807, 2.05) is 18.2 Å². The Kier molecular flexibility index (Phi) is 7.32. The van der Waals surface area contributed by atoms with Gasteiger partial charge in [0.15, 0.2) is 11.5 Å². The van der Waals surface area contributed by atoms with Crippen LogP contribution < -0.4 is 20.8 Å². The molecule has 2 unspecified atom stereocenters. The highest BCUT2D eigenvalue weighted by atomic mass is 35.5. The molecule has 0 saturated heterocycles. The minimum atomic E-state index is -3.07. The molecule has 1 aliphatic rings. The summed E-state index contributed by atoms with van der Waals surface area (Å²) in [4.78, 5) is 30.6. The zero-order valence-corrected chi connectivity index (χ0v) is 22.5. The first-order chi connectivity index (χ1) is 18.6. The number of rotatable bonds is 8. The molecule has 204 valence electrons. The van der Waals surface area contributed by atoms with Crippen LogP contribution in [0.1, 0.15) is 13.3 Å². The second kappa shape index (κ2) is 10.6. The standard InChI is InChI=1S/C27H24ClF2N3O5S/c1-14(31)26(35)38-21-11-27(29,30)17(21)12-37-20-5-3-4-19(23(20)36-2)33-13-32-18-10-22(39-24(18)25(33)34)15-6-8-16(28)9-7-15/h3-10,13-14,17,21H,11-12,31H2,1-2H3/t14-,17?,21?/m0/s1. The highest BCUT2D eigenvalue weighted by Gasteiger charge is 2.58. The van der Waals surface area contributed by atoms with Gasteiger partial charge in [-0.15, -0.1) is 11.3 Å². The first-order valence-electron chi connectivity index (χ1n) is 12.0. The molecule has 0 radical (unpaired) electrons. The van der Waals surface area contributed by atoms with Crippen molar-refractivity contribution in [1.82, 2.24) is 9.55 Å². The number of carbonyl (C=O) groups is 1. The highest BCUT2D eigenvalue weighted by molar-refractivity contribution is 7.22. The second-order valence-electron chi connectivity index (χ2n) is 9.21. The molecule has 0 aliphatic heterocycles. The molecule has 2 N–H and O–H groups in total. The number of carbonyl (C=O) groups excluding carboxylic acids is 1. The maximum atomic E-state index is 14.3. The van der Waals surface area contributed by atoms with Crippen LogP contribution in [-0.2, 0) is 9.53 Å². The highest BCUT2D eigenvalue weighted by Crippen LogP contribution is 2.46. The number of nitrogens with two attached hydrogens (primary N) is 1. The third-order valence-electron chi connectivity index (χ3n) is 6.51. The monoisotopic (exact) mass is 575 g/mol. The summed E-state index contributed by atoms with van der Waals surface area (Å²) in [6, 6.07) is 13.0. The summed E-state index contributed by atoms with van der Waals surface area (Å²) in [5.74, 6) is -4.86. The lowest BCUT2D eigenvalue weighted by Gasteiger charge is -2.43. The summed E-state index contributed by atoms with van der Waals surface area (Å²) in [5.41, 5.74) is 6.93. The molecule has 1 saturated carbocycles. The van der Waals surface area contributed by atoms with Crippen LogP contribution in [0.3, 0.4) is 0 Å². The number of fused-ring (bicyclic) bond motifs is 1. The van der Waals surface area contributed by atoms with Crippen molar-refractivity contribution in [2.45, 2.75) is 31.4 Å². The number of halogens is 3. The van der Waals surface area contributed by atoms with Gasteiger partial charge in [0.1, 0.15) is 29.8 Å². The SMILES string of the molecule is COc1c(OCC2C(OC(=O)[C@H](C)N)CC2(F)F)cccc1-n1cnc2cc(-c3ccc(Cl)cc3)sc2c1=O. The lowest BCUT2D eigenvalue weighted by molar-refractivity contribution is -0.227. The Morgan fingerprint density at radius 2 is 2.03 bits per heavy atom. The van der Waals surface area contributed by atoms with Gasteiger partial charge in [-0.05, 0) is 42.8 Å². The molecular formula is C27H24ClF2N3O5S. The molecule has 1 aliphatic carbocycles. The van der Waals surface area contributed by atoms with E-state index in [2.05, 4.69) is 4.98 Å². The molecule has 2 heterocycles.